The average Bonchev–Trinajstić information content (AvgIpc) is 2.59. The first-order valence-electron chi connectivity index (χ1n) is 5.03. The van der Waals surface area contributed by atoms with Crippen molar-refractivity contribution in [1.82, 2.24) is 9.55 Å². The summed E-state index contributed by atoms with van der Waals surface area (Å²) in [5, 5.41) is 8.70. The molecule has 2 atom stereocenters. The molecule has 18 heavy (non-hydrogen) atoms. The Balaban J connectivity index is 2.43. The fraction of sp³-hybridized carbons (Fsp3) is 0.556. The van der Waals surface area contributed by atoms with Crippen LogP contribution in [-0.4, -0.2) is 33.3 Å². The lowest BCUT2D eigenvalue weighted by Crippen LogP contribution is -2.35. The highest BCUT2D eigenvalue weighted by Crippen LogP contribution is 2.41. The molecule has 0 aromatic carbocycles. The molecule has 0 amide bonds. The van der Waals surface area contributed by atoms with Crippen LogP contribution in [0.2, 0.25) is 5.02 Å². The van der Waals surface area contributed by atoms with Crippen molar-refractivity contribution in [1.29, 1.82) is 0 Å². The van der Waals surface area contributed by atoms with E-state index in [0.29, 0.717) is 4.57 Å². The van der Waals surface area contributed by atoms with E-state index in [-0.39, 0.29) is 10.8 Å². The Morgan fingerprint density at radius 3 is 2.94 bits per heavy atom. The second-order valence-electron chi connectivity index (χ2n) is 3.92. The normalized spacial score (nSPS) is 26.4. The van der Waals surface area contributed by atoms with Gasteiger partial charge in [-0.3, -0.25) is 4.57 Å². The number of aromatic nitrogens is 2. The highest BCUT2D eigenvalue weighted by atomic mass is 35.5. The van der Waals surface area contributed by atoms with E-state index in [2.05, 4.69) is 4.98 Å². The van der Waals surface area contributed by atoms with Crippen LogP contribution in [0, 0.1) is 0 Å². The van der Waals surface area contributed by atoms with E-state index in [9.17, 15) is 13.6 Å². The van der Waals surface area contributed by atoms with Gasteiger partial charge in [-0.25, -0.2) is 13.6 Å². The number of nitrogen functional groups attached to an aromatic ring is 1. The number of aliphatic hydroxyl groups is 1. The van der Waals surface area contributed by atoms with Gasteiger partial charge in [0.2, 0.25) is 6.23 Å². The standard InChI is InChI=1S/C9H10ClF2N3O3/c10-5-2-15(8(17)14-6(5)13)7-9(11,12)1-4(3-16)18-7/h2,4,7,16H,1,3H2,(H2,13,14,17)/t4-,7+/m0/s1. The van der Waals surface area contributed by atoms with E-state index in [1.165, 1.54) is 0 Å². The van der Waals surface area contributed by atoms with E-state index in [1.54, 1.807) is 0 Å². The van der Waals surface area contributed by atoms with Gasteiger partial charge in [-0.05, 0) is 0 Å². The average molecular weight is 282 g/mol. The number of anilines is 1. The number of nitrogens with two attached hydrogens (primary N) is 1. The lowest BCUT2D eigenvalue weighted by molar-refractivity contribution is -0.120. The van der Waals surface area contributed by atoms with Crippen LogP contribution in [0.25, 0.3) is 0 Å². The van der Waals surface area contributed by atoms with Crippen molar-refractivity contribution in [3.8, 4) is 0 Å². The monoisotopic (exact) mass is 281 g/mol. The maximum Gasteiger partial charge on any atom is 0.351 e. The Hall–Kier alpha value is -1.25. The maximum absolute atomic E-state index is 13.6. The molecule has 0 unspecified atom stereocenters. The largest absolute Gasteiger partial charge is 0.394 e. The number of nitrogens with zero attached hydrogens (tertiary/aromatic N) is 2. The third-order valence-corrected chi connectivity index (χ3v) is 2.86. The maximum atomic E-state index is 13.6. The van der Waals surface area contributed by atoms with Crippen LogP contribution < -0.4 is 11.4 Å². The molecule has 1 aliphatic heterocycles. The zero-order chi connectivity index (χ0) is 13.5. The summed E-state index contributed by atoms with van der Waals surface area (Å²) in [5.41, 5.74) is 4.30. The molecule has 2 heterocycles. The number of aliphatic hydroxyl groups excluding tert-OH is 1. The number of hydrogen-bond donors (Lipinski definition) is 2. The van der Waals surface area contributed by atoms with Gasteiger partial charge in [0.05, 0.1) is 17.7 Å². The van der Waals surface area contributed by atoms with Crippen LogP contribution in [0.15, 0.2) is 11.0 Å². The molecular weight excluding hydrogens is 272 g/mol. The number of halogens is 3. The lowest BCUT2D eigenvalue weighted by Gasteiger charge is -2.20. The molecule has 3 N–H and O–H groups in total. The topological polar surface area (TPSA) is 90.4 Å². The molecular formula is C9H10ClF2N3O3. The molecule has 1 saturated heterocycles. The van der Waals surface area contributed by atoms with Crippen molar-refractivity contribution in [2.24, 2.45) is 0 Å². The van der Waals surface area contributed by atoms with Crippen LogP contribution in [0.4, 0.5) is 14.6 Å². The van der Waals surface area contributed by atoms with Crippen LogP contribution in [0.5, 0.6) is 0 Å². The van der Waals surface area contributed by atoms with Gasteiger partial charge in [-0.1, -0.05) is 11.6 Å². The Kier molecular flexibility index (Phi) is 3.26. The highest BCUT2D eigenvalue weighted by molar-refractivity contribution is 6.32. The summed E-state index contributed by atoms with van der Waals surface area (Å²) < 4.78 is 32.8. The van der Waals surface area contributed by atoms with Gasteiger partial charge < -0.3 is 15.6 Å². The predicted molar refractivity (Wildman–Crippen MR) is 58.5 cm³/mol. The third kappa shape index (κ3) is 2.18. The molecule has 0 spiro atoms. The molecule has 9 heteroatoms. The van der Waals surface area contributed by atoms with Crippen LogP contribution in [0.1, 0.15) is 12.6 Å². The van der Waals surface area contributed by atoms with Gasteiger partial charge in [0.25, 0.3) is 5.92 Å². The number of alkyl halides is 2. The summed E-state index contributed by atoms with van der Waals surface area (Å²) in [6.45, 7) is -0.559. The summed E-state index contributed by atoms with van der Waals surface area (Å²) in [4.78, 5) is 14.8. The van der Waals surface area contributed by atoms with Gasteiger partial charge in [0.15, 0.2) is 0 Å². The lowest BCUT2D eigenvalue weighted by atomic mass is 10.2. The van der Waals surface area contributed by atoms with Crippen molar-refractivity contribution >= 4 is 17.4 Å². The quantitative estimate of drug-likeness (QED) is 0.818. The van der Waals surface area contributed by atoms with Gasteiger partial charge in [0.1, 0.15) is 5.82 Å². The Bertz CT molecular complexity index is 522. The molecule has 1 aromatic rings. The van der Waals surface area contributed by atoms with E-state index < -0.39 is 37.0 Å². The summed E-state index contributed by atoms with van der Waals surface area (Å²) in [6.07, 6.45) is -2.60. The predicted octanol–water partition coefficient (Wildman–Crippen LogP) is 0.394. The van der Waals surface area contributed by atoms with Crippen molar-refractivity contribution in [2.75, 3.05) is 12.3 Å². The zero-order valence-electron chi connectivity index (χ0n) is 9.02. The molecule has 1 aromatic heterocycles. The molecule has 2 rings (SSSR count). The second-order valence-corrected chi connectivity index (χ2v) is 4.33. The number of rotatable bonds is 2. The molecule has 0 radical (unpaired) electrons. The van der Waals surface area contributed by atoms with E-state index in [0.717, 1.165) is 6.20 Å². The van der Waals surface area contributed by atoms with Crippen molar-refractivity contribution in [3.05, 3.63) is 21.7 Å². The fourth-order valence-electron chi connectivity index (χ4n) is 1.74. The molecule has 6 nitrogen and oxygen atoms in total. The molecule has 0 bridgehead atoms. The van der Waals surface area contributed by atoms with E-state index in [4.69, 9.17) is 27.2 Å². The van der Waals surface area contributed by atoms with Gasteiger partial charge >= 0.3 is 5.69 Å². The SMILES string of the molecule is Nc1nc(=O)n([C@@H]2O[C@H](CO)CC2(F)F)cc1Cl. The fourth-order valence-corrected chi connectivity index (χ4v) is 1.88. The summed E-state index contributed by atoms with van der Waals surface area (Å²) >= 11 is 5.63. The minimum atomic E-state index is -3.29. The second kappa shape index (κ2) is 4.45. The molecule has 1 aliphatic rings. The molecule has 100 valence electrons. The third-order valence-electron chi connectivity index (χ3n) is 2.57. The van der Waals surface area contributed by atoms with Crippen molar-refractivity contribution < 1.29 is 18.6 Å². The molecule has 0 saturated carbocycles. The number of hydrogen-bond acceptors (Lipinski definition) is 5. The molecule has 1 fully saturated rings. The zero-order valence-corrected chi connectivity index (χ0v) is 9.77. The smallest absolute Gasteiger partial charge is 0.351 e. The summed E-state index contributed by atoms with van der Waals surface area (Å²) in [5.74, 6) is -3.53. The van der Waals surface area contributed by atoms with Crippen molar-refractivity contribution in [3.63, 3.8) is 0 Å². The van der Waals surface area contributed by atoms with Gasteiger partial charge in [0, 0.05) is 12.6 Å². The van der Waals surface area contributed by atoms with Gasteiger partial charge in [-0.2, -0.15) is 4.98 Å². The molecule has 0 aliphatic carbocycles. The first-order chi connectivity index (χ1) is 8.35. The van der Waals surface area contributed by atoms with Gasteiger partial charge in [-0.15, -0.1) is 0 Å². The Labute approximate surface area is 105 Å². The Morgan fingerprint density at radius 2 is 2.39 bits per heavy atom. The first kappa shape index (κ1) is 13.2. The minimum absolute atomic E-state index is 0.124. The van der Waals surface area contributed by atoms with E-state index >= 15 is 0 Å². The summed E-state index contributed by atoms with van der Waals surface area (Å²) in [6, 6.07) is 0. The van der Waals surface area contributed by atoms with Crippen molar-refractivity contribution in [2.45, 2.75) is 24.7 Å². The van der Waals surface area contributed by atoms with Crippen LogP contribution in [-0.2, 0) is 4.74 Å². The van der Waals surface area contributed by atoms with Crippen LogP contribution in [0.3, 0.4) is 0 Å². The number of ether oxygens (including phenoxy) is 1. The van der Waals surface area contributed by atoms with E-state index in [1.807, 2.05) is 0 Å². The minimum Gasteiger partial charge on any atom is -0.394 e. The van der Waals surface area contributed by atoms with Crippen LogP contribution >= 0.6 is 11.6 Å². The summed E-state index contributed by atoms with van der Waals surface area (Å²) in [7, 11) is 0. The first-order valence-corrected chi connectivity index (χ1v) is 5.41. The Morgan fingerprint density at radius 1 is 1.72 bits per heavy atom. The highest BCUT2D eigenvalue weighted by Gasteiger charge is 2.51.